The number of benzene rings is 2. The normalized spacial score (nSPS) is 10.5. The fourth-order valence-electron chi connectivity index (χ4n) is 3.27. The van der Waals surface area contributed by atoms with Crippen molar-refractivity contribution in [1.82, 2.24) is 14.5 Å². The van der Waals surface area contributed by atoms with E-state index in [0.717, 1.165) is 28.9 Å². The number of aryl methyl sites for hydroxylation is 1. The van der Waals surface area contributed by atoms with Crippen molar-refractivity contribution in [2.45, 2.75) is 13.0 Å². The van der Waals surface area contributed by atoms with Crippen molar-refractivity contribution in [2.24, 2.45) is 0 Å². The van der Waals surface area contributed by atoms with Crippen LogP contribution in [0.2, 0.25) is 0 Å². The van der Waals surface area contributed by atoms with Gasteiger partial charge in [-0.25, -0.2) is 14.8 Å². The van der Waals surface area contributed by atoms with Crippen LogP contribution >= 0.6 is 23.7 Å². The maximum Gasteiger partial charge on any atom is 0.337 e. The summed E-state index contributed by atoms with van der Waals surface area (Å²) in [4.78, 5) is 35.6. The van der Waals surface area contributed by atoms with Crippen molar-refractivity contribution in [3.63, 3.8) is 0 Å². The molecule has 2 aromatic heterocycles. The smallest absolute Gasteiger partial charge is 0.337 e. The number of fused-ring (bicyclic) bond motifs is 1. The average molecular weight is 487 g/mol. The molecule has 4 rings (SSSR count). The molecule has 0 radical (unpaired) electrons. The summed E-state index contributed by atoms with van der Waals surface area (Å²) < 4.78 is 12.9. The van der Waals surface area contributed by atoms with Gasteiger partial charge in [0.25, 0.3) is 5.91 Å². The standard InChI is InChI=1S/C23H22N4O4S.ClH/c1-30-18-8-9-19-20(14-18)32-23(25-19)27(12-3-11-26-13-10-24-15-26)21(28)16-4-6-17(7-5-16)22(29)31-2;/h4-10,13-15H,3,11-12H2,1-2H3;1H. The topological polar surface area (TPSA) is 86.6 Å². The Labute approximate surface area is 201 Å². The zero-order valence-corrected chi connectivity index (χ0v) is 19.8. The number of halogens is 1. The van der Waals surface area contributed by atoms with E-state index >= 15 is 0 Å². The molecular weight excluding hydrogens is 464 g/mol. The first-order valence-electron chi connectivity index (χ1n) is 9.99. The molecule has 2 aromatic carbocycles. The Bertz CT molecular complexity index is 1230. The summed E-state index contributed by atoms with van der Waals surface area (Å²) in [7, 11) is 2.94. The van der Waals surface area contributed by atoms with Crippen LogP contribution in [0, 0.1) is 0 Å². The van der Waals surface area contributed by atoms with Crippen molar-refractivity contribution in [2.75, 3.05) is 25.7 Å². The van der Waals surface area contributed by atoms with E-state index in [-0.39, 0.29) is 18.3 Å². The van der Waals surface area contributed by atoms with Gasteiger partial charge < -0.3 is 14.0 Å². The van der Waals surface area contributed by atoms with Crippen molar-refractivity contribution < 1.29 is 19.1 Å². The second kappa shape index (κ2) is 10.9. The van der Waals surface area contributed by atoms with Crippen LogP contribution in [0.25, 0.3) is 10.2 Å². The van der Waals surface area contributed by atoms with Gasteiger partial charge in [-0.3, -0.25) is 9.69 Å². The van der Waals surface area contributed by atoms with E-state index in [0.29, 0.717) is 22.8 Å². The summed E-state index contributed by atoms with van der Waals surface area (Å²) in [6.45, 7) is 1.20. The summed E-state index contributed by atoms with van der Waals surface area (Å²) in [6, 6.07) is 12.1. The first-order chi connectivity index (χ1) is 15.6. The zero-order chi connectivity index (χ0) is 22.5. The SMILES string of the molecule is COC(=O)c1ccc(C(=O)N(CCCn2ccnc2)c2nc3ccc(OC)cc3s2)cc1.Cl. The molecule has 0 aliphatic rings. The molecule has 0 aliphatic heterocycles. The summed E-state index contributed by atoms with van der Waals surface area (Å²) in [5.41, 5.74) is 1.67. The van der Waals surface area contributed by atoms with E-state index in [9.17, 15) is 9.59 Å². The minimum atomic E-state index is -0.443. The molecule has 0 saturated carbocycles. The highest BCUT2D eigenvalue weighted by molar-refractivity contribution is 7.22. The third-order valence-electron chi connectivity index (χ3n) is 4.97. The van der Waals surface area contributed by atoms with Crippen molar-refractivity contribution in [3.8, 4) is 5.75 Å². The molecular formula is C23H23ClN4O4S. The number of methoxy groups -OCH3 is 2. The summed E-state index contributed by atoms with van der Waals surface area (Å²) in [5.74, 6) is 0.114. The van der Waals surface area contributed by atoms with Gasteiger partial charge in [-0.1, -0.05) is 11.3 Å². The molecule has 0 aliphatic carbocycles. The second-order valence-corrected chi connectivity index (χ2v) is 8.02. The highest BCUT2D eigenvalue weighted by atomic mass is 35.5. The molecule has 172 valence electrons. The minimum absolute atomic E-state index is 0. The molecule has 0 fully saturated rings. The van der Waals surface area contributed by atoms with Crippen LogP contribution in [0.4, 0.5) is 5.13 Å². The van der Waals surface area contributed by atoms with Gasteiger partial charge in [0.2, 0.25) is 0 Å². The van der Waals surface area contributed by atoms with Gasteiger partial charge in [0.1, 0.15) is 5.75 Å². The number of carbonyl (C=O) groups excluding carboxylic acids is 2. The lowest BCUT2D eigenvalue weighted by Crippen LogP contribution is -2.32. The maximum absolute atomic E-state index is 13.4. The van der Waals surface area contributed by atoms with Gasteiger partial charge in [-0.2, -0.15) is 0 Å². The van der Waals surface area contributed by atoms with Gasteiger partial charge in [0.05, 0.1) is 36.3 Å². The molecule has 0 bridgehead atoms. The fraction of sp³-hybridized carbons (Fsp3) is 0.217. The molecule has 0 saturated heterocycles. The molecule has 0 spiro atoms. The summed E-state index contributed by atoms with van der Waals surface area (Å²) in [5, 5.41) is 0.612. The van der Waals surface area contributed by atoms with E-state index in [2.05, 4.69) is 9.97 Å². The lowest BCUT2D eigenvalue weighted by Gasteiger charge is -2.20. The van der Waals surface area contributed by atoms with Crippen LogP contribution in [-0.2, 0) is 11.3 Å². The Morgan fingerprint density at radius 1 is 1.09 bits per heavy atom. The number of hydrogen-bond donors (Lipinski definition) is 0. The number of esters is 1. The molecule has 2 heterocycles. The molecule has 0 unspecified atom stereocenters. The van der Waals surface area contributed by atoms with E-state index in [4.69, 9.17) is 9.47 Å². The number of thiazole rings is 1. The lowest BCUT2D eigenvalue weighted by molar-refractivity contribution is 0.0600. The first-order valence-corrected chi connectivity index (χ1v) is 10.8. The number of aromatic nitrogens is 3. The monoisotopic (exact) mass is 486 g/mol. The highest BCUT2D eigenvalue weighted by Crippen LogP contribution is 2.32. The van der Waals surface area contributed by atoms with Gasteiger partial charge in [-0.05, 0) is 48.9 Å². The molecule has 8 nitrogen and oxygen atoms in total. The van der Waals surface area contributed by atoms with Crippen LogP contribution in [-0.4, -0.2) is 47.2 Å². The van der Waals surface area contributed by atoms with Crippen LogP contribution in [0.3, 0.4) is 0 Å². The number of rotatable bonds is 8. The number of carbonyl (C=O) groups is 2. The lowest BCUT2D eigenvalue weighted by atomic mass is 10.1. The Balaban J connectivity index is 0.00000306. The van der Waals surface area contributed by atoms with Crippen molar-refractivity contribution in [1.29, 1.82) is 0 Å². The van der Waals surface area contributed by atoms with Crippen molar-refractivity contribution >= 4 is 51.0 Å². The number of nitrogens with zero attached hydrogens (tertiary/aromatic N) is 4. The van der Waals surface area contributed by atoms with Gasteiger partial charge in [0, 0.05) is 31.0 Å². The fourth-order valence-corrected chi connectivity index (χ4v) is 4.29. The Kier molecular flexibility index (Phi) is 8.02. The minimum Gasteiger partial charge on any atom is -0.497 e. The molecule has 4 aromatic rings. The van der Waals surface area contributed by atoms with Crippen LogP contribution in [0.1, 0.15) is 27.1 Å². The van der Waals surface area contributed by atoms with Gasteiger partial charge in [-0.15, -0.1) is 12.4 Å². The summed E-state index contributed by atoms with van der Waals surface area (Å²) >= 11 is 1.44. The molecule has 10 heteroatoms. The average Bonchev–Trinajstić information content (AvgIpc) is 3.50. The van der Waals surface area contributed by atoms with Gasteiger partial charge >= 0.3 is 5.97 Å². The van der Waals surface area contributed by atoms with E-state index < -0.39 is 5.97 Å². The Morgan fingerprint density at radius 2 is 1.85 bits per heavy atom. The largest absolute Gasteiger partial charge is 0.497 e. The molecule has 0 N–H and O–H groups in total. The number of ether oxygens (including phenoxy) is 2. The third kappa shape index (κ3) is 5.50. The summed E-state index contributed by atoms with van der Waals surface area (Å²) in [6.07, 6.45) is 6.09. The van der Waals surface area contributed by atoms with E-state index in [1.807, 2.05) is 29.0 Å². The van der Waals surface area contributed by atoms with E-state index in [1.165, 1.54) is 18.4 Å². The van der Waals surface area contributed by atoms with E-state index in [1.54, 1.807) is 48.8 Å². The maximum atomic E-state index is 13.4. The zero-order valence-electron chi connectivity index (χ0n) is 18.1. The molecule has 1 amide bonds. The third-order valence-corrected chi connectivity index (χ3v) is 6.01. The number of hydrogen-bond acceptors (Lipinski definition) is 7. The van der Waals surface area contributed by atoms with Crippen LogP contribution in [0.15, 0.2) is 61.2 Å². The Morgan fingerprint density at radius 3 is 2.52 bits per heavy atom. The number of anilines is 1. The predicted molar refractivity (Wildman–Crippen MR) is 130 cm³/mol. The predicted octanol–water partition coefficient (Wildman–Crippen LogP) is 4.45. The van der Waals surface area contributed by atoms with Gasteiger partial charge in [0.15, 0.2) is 5.13 Å². The molecule has 0 atom stereocenters. The first kappa shape index (κ1) is 24.2. The number of amides is 1. The highest BCUT2D eigenvalue weighted by Gasteiger charge is 2.22. The van der Waals surface area contributed by atoms with Crippen molar-refractivity contribution in [3.05, 3.63) is 72.3 Å². The molecule has 33 heavy (non-hydrogen) atoms. The Hall–Kier alpha value is -3.43. The number of imidazole rings is 1. The quantitative estimate of drug-likeness (QED) is 0.342. The second-order valence-electron chi connectivity index (χ2n) is 7.01. The van der Waals surface area contributed by atoms with Crippen LogP contribution < -0.4 is 9.64 Å². The van der Waals surface area contributed by atoms with Crippen LogP contribution in [0.5, 0.6) is 5.75 Å².